The van der Waals surface area contributed by atoms with E-state index in [9.17, 15) is 0 Å². The summed E-state index contributed by atoms with van der Waals surface area (Å²) in [5.74, 6) is 0. The van der Waals surface area contributed by atoms with Gasteiger partial charge in [-0.1, -0.05) is 65.3 Å². The number of benzene rings is 2. The Balaban J connectivity index is 2.14. The molecule has 1 aromatic heterocycles. The first-order chi connectivity index (χ1) is 10.2. The van der Waals surface area contributed by atoms with Gasteiger partial charge in [0, 0.05) is 11.4 Å². The Labute approximate surface area is 132 Å². The Morgan fingerprint density at radius 3 is 2.14 bits per heavy atom. The van der Waals surface area contributed by atoms with E-state index in [0.717, 1.165) is 24.1 Å². The number of fused-ring (bicyclic) bond motifs is 1. The van der Waals surface area contributed by atoms with Gasteiger partial charge in [-0.2, -0.15) is 0 Å². The Hall–Kier alpha value is -1.81. The van der Waals surface area contributed by atoms with Crippen molar-refractivity contribution in [2.24, 2.45) is 0 Å². The predicted octanol–water partition coefficient (Wildman–Crippen LogP) is 3.75. The van der Waals surface area contributed by atoms with Crippen molar-refractivity contribution < 1.29 is 0 Å². The molecule has 0 saturated heterocycles. The van der Waals surface area contributed by atoms with Gasteiger partial charge in [-0.3, -0.25) is 5.41 Å². The van der Waals surface area contributed by atoms with Crippen LogP contribution in [-0.4, -0.2) is 14.0 Å². The average Bonchev–Trinajstić information content (AvgIpc) is 2.74. The van der Waals surface area contributed by atoms with E-state index in [0.29, 0.717) is 10.4 Å². The minimum Gasteiger partial charge on any atom is -0.309 e. The molecule has 0 saturated carbocycles. The van der Waals surface area contributed by atoms with Crippen LogP contribution in [-0.2, 0) is 13.1 Å². The number of hydrogen-bond donors (Lipinski definition) is 1. The quantitative estimate of drug-likeness (QED) is 0.700. The van der Waals surface area contributed by atoms with Crippen molar-refractivity contribution in [1.82, 2.24) is 9.13 Å². The lowest BCUT2D eigenvalue weighted by molar-refractivity contribution is 0.623. The van der Waals surface area contributed by atoms with Crippen LogP contribution in [0.25, 0.3) is 11.0 Å². The lowest BCUT2D eigenvalue weighted by Crippen LogP contribution is -2.27. The Morgan fingerprint density at radius 2 is 1.52 bits per heavy atom. The van der Waals surface area contributed by atoms with Gasteiger partial charge in [-0.05, 0) is 17.7 Å². The molecule has 0 fully saturated rings. The molecule has 1 atom stereocenters. The Bertz CT molecular complexity index is 800. The minimum atomic E-state index is 0.336. The number of hydrogen-bond acceptors (Lipinski definition) is 1. The van der Waals surface area contributed by atoms with Gasteiger partial charge in [-0.25, -0.2) is 0 Å². The normalized spacial score (nSPS) is 12.7. The van der Waals surface area contributed by atoms with E-state index in [4.69, 9.17) is 5.41 Å². The number of halogens is 1. The van der Waals surface area contributed by atoms with Crippen molar-refractivity contribution in [1.29, 1.82) is 5.41 Å². The highest BCUT2D eigenvalue weighted by atomic mass is 79.9. The number of nitrogens with one attached hydrogen (secondary N) is 1. The van der Waals surface area contributed by atoms with Crippen molar-refractivity contribution in [2.45, 2.75) is 24.8 Å². The van der Waals surface area contributed by atoms with Crippen LogP contribution in [0.2, 0.25) is 0 Å². The molecule has 0 bridgehead atoms. The number of aromatic nitrogens is 2. The molecule has 2 aromatic carbocycles. The van der Waals surface area contributed by atoms with Crippen molar-refractivity contribution in [3.05, 3.63) is 65.8 Å². The van der Waals surface area contributed by atoms with Crippen LogP contribution in [0.1, 0.15) is 12.5 Å². The van der Waals surface area contributed by atoms with Gasteiger partial charge in [0.25, 0.3) is 0 Å². The molecule has 1 N–H and O–H groups in total. The molecule has 0 radical (unpaired) electrons. The first-order valence-corrected chi connectivity index (χ1v) is 7.99. The SMILES string of the molecule is CC(Br)Cn1c(=N)n(Cc2ccccc2)c2ccccc21. The van der Waals surface area contributed by atoms with Crippen LogP contribution >= 0.6 is 15.9 Å². The smallest absolute Gasteiger partial charge is 0.203 e. The minimum absolute atomic E-state index is 0.336. The number of para-hydroxylation sites is 2. The first kappa shape index (κ1) is 14.1. The summed E-state index contributed by atoms with van der Waals surface area (Å²) in [5, 5.41) is 8.52. The van der Waals surface area contributed by atoms with Gasteiger partial charge in [0.05, 0.1) is 17.6 Å². The maximum atomic E-state index is 8.52. The van der Waals surface area contributed by atoms with Gasteiger partial charge in [0.15, 0.2) is 0 Å². The van der Waals surface area contributed by atoms with Gasteiger partial charge in [-0.15, -0.1) is 0 Å². The largest absolute Gasteiger partial charge is 0.309 e. The van der Waals surface area contributed by atoms with E-state index < -0.39 is 0 Å². The second-order valence-corrected chi connectivity index (χ2v) is 6.84. The molecule has 0 aliphatic carbocycles. The molecule has 0 amide bonds. The van der Waals surface area contributed by atoms with E-state index in [2.05, 4.69) is 56.3 Å². The monoisotopic (exact) mass is 343 g/mol. The highest BCUT2D eigenvalue weighted by Crippen LogP contribution is 2.16. The molecular weight excluding hydrogens is 326 g/mol. The third-order valence-electron chi connectivity index (χ3n) is 3.59. The molecule has 3 aromatic rings. The molecule has 3 nitrogen and oxygen atoms in total. The van der Waals surface area contributed by atoms with E-state index in [1.807, 2.05) is 30.3 Å². The highest BCUT2D eigenvalue weighted by Gasteiger charge is 2.11. The second-order valence-electron chi connectivity index (χ2n) is 5.28. The Morgan fingerprint density at radius 1 is 0.952 bits per heavy atom. The zero-order chi connectivity index (χ0) is 14.8. The highest BCUT2D eigenvalue weighted by molar-refractivity contribution is 9.09. The topological polar surface area (TPSA) is 33.7 Å². The molecule has 1 unspecified atom stereocenters. The van der Waals surface area contributed by atoms with E-state index in [1.165, 1.54) is 5.56 Å². The fourth-order valence-electron chi connectivity index (χ4n) is 2.66. The van der Waals surface area contributed by atoms with Crippen LogP contribution in [0, 0.1) is 5.41 Å². The summed E-state index contributed by atoms with van der Waals surface area (Å²) in [6.07, 6.45) is 0. The molecule has 1 heterocycles. The number of alkyl halides is 1. The fourth-order valence-corrected chi connectivity index (χ4v) is 2.95. The van der Waals surface area contributed by atoms with Gasteiger partial charge in [0.2, 0.25) is 5.62 Å². The summed E-state index contributed by atoms with van der Waals surface area (Å²) in [5.41, 5.74) is 3.99. The van der Waals surface area contributed by atoms with Crippen LogP contribution < -0.4 is 5.62 Å². The van der Waals surface area contributed by atoms with Crippen molar-refractivity contribution in [2.75, 3.05) is 0 Å². The van der Waals surface area contributed by atoms with Crippen LogP contribution in [0.3, 0.4) is 0 Å². The standard InChI is InChI=1S/C17H18BrN3/c1-13(18)11-20-15-9-5-6-10-16(15)21(17(20)19)12-14-7-3-2-4-8-14/h2-10,13,19H,11-12H2,1H3. The van der Waals surface area contributed by atoms with E-state index in [1.54, 1.807) is 0 Å². The van der Waals surface area contributed by atoms with Gasteiger partial charge < -0.3 is 9.13 Å². The molecule has 108 valence electrons. The fraction of sp³-hybridized carbons (Fsp3) is 0.235. The third kappa shape index (κ3) is 2.81. The zero-order valence-corrected chi connectivity index (χ0v) is 13.5. The van der Waals surface area contributed by atoms with E-state index >= 15 is 0 Å². The van der Waals surface area contributed by atoms with Gasteiger partial charge >= 0.3 is 0 Å². The zero-order valence-electron chi connectivity index (χ0n) is 12.0. The van der Waals surface area contributed by atoms with Crippen LogP contribution in [0.5, 0.6) is 0 Å². The lowest BCUT2D eigenvalue weighted by Gasteiger charge is -2.06. The molecule has 4 heteroatoms. The second kappa shape index (κ2) is 5.90. The summed E-state index contributed by atoms with van der Waals surface area (Å²) in [6.45, 7) is 3.63. The van der Waals surface area contributed by atoms with Crippen molar-refractivity contribution >= 4 is 27.0 Å². The molecule has 0 aliphatic heterocycles. The molecule has 0 aliphatic rings. The summed E-state index contributed by atoms with van der Waals surface area (Å²) < 4.78 is 4.14. The van der Waals surface area contributed by atoms with Crippen molar-refractivity contribution in [3.63, 3.8) is 0 Å². The maximum Gasteiger partial charge on any atom is 0.203 e. The van der Waals surface area contributed by atoms with Crippen molar-refractivity contribution in [3.8, 4) is 0 Å². The molecule has 21 heavy (non-hydrogen) atoms. The summed E-state index contributed by atoms with van der Waals surface area (Å²) >= 11 is 3.59. The van der Waals surface area contributed by atoms with E-state index in [-0.39, 0.29) is 0 Å². The average molecular weight is 344 g/mol. The lowest BCUT2D eigenvalue weighted by atomic mass is 10.2. The molecular formula is C17H18BrN3. The molecule has 3 rings (SSSR count). The first-order valence-electron chi connectivity index (χ1n) is 7.07. The summed E-state index contributed by atoms with van der Waals surface area (Å²) in [7, 11) is 0. The third-order valence-corrected chi connectivity index (χ3v) is 3.88. The number of nitrogens with zero attached hydrogens (tertiary/aromatic N) is 2. The Kier molecular flexibility index (Phi) is 3.97. The van der Waals surface area contributed by atoms with Gasteiger partial charge in [0.1, 0.15) is 0 Å². The van der Waals surface area contributed by atoms with Crippen LogP contribution in [0.15, 0.2) is 54.6 Å². The summed E-state index contributed by atoms with van der Waals surface area (Å²) in [4.78, 5) is 0.336. The molecule has 0 spiro atoms. The predicted molar refractivity (Wildman–Crippen MR) is 89.7 cm³/mol. The van der Waals surface area contributed by atoms with Crippen LogP contribution in [0.4, 0.5) is 0 Å². The number of imidazole rings is 1. The maximum absolute atomic E-state index is 8.52. The summed E-state index contributed by atoms with van der Waals surface area (Å²) in [6, 6.07) is 18.5. The number of rotatable bonds is 4.